The predicted octanol–water partition coefficient (Wildman–Crippen LogP) is 4.19. The Labute approximate surface area is 105 Å². The largest absolute Gasteiger partial charge is 0.457 e. The summed E-state index contributed by atoms with van der Waals surface area (Å²) in [5.41, 5.74) is 0.757. The van der Waals surface area contributed by atoms with Crippen molar-refractivity contribution in [3.63, 3.8) is 0 Å². The molecule has 1 atom stereocenters. The van der Waals surface area contributed by atoms with Gasteiger partial charge in [-0.3, -0.25) is 0 Å². The first-order valence-electron chi connectivity index (χ1n) is 5.37. The average Bonchev–Trinajstić information content (AvgIpc) is 2.29. The van der Waals surface area contributed by atoms with Crippen molar-refractivity contribution in [1.82, 2.24) is 0 Å². The smallest absolute Gasteiger partial charge is 0.133 e. The molecule has 0 saturated carbocycles. The summed E-state index contributed by atoms with van der Waals surface area (Å²) in [7, 11) is 0. The van der Waals surface area contributed by atoms with E-state index in [1.165, 1.54) is 0 Å². The molecule has 1 N–H and O–H groups in total. The Morgan fingerprint density at radius 3 is 2.59 bits per heavy atom. The zero-order chi connectivity index (χ0) is 12.3. The second-order valence-electron chi connectivity index (χ2n) is 3.77. The SMILES string of the molecule is CC(O)c1ccccc1Oc1cccc(Cl)c1. The fraction of sp³-hybridized carbons (Fsp3) is 0.143. The topological polar surface area (TPSA) is 29.5 Å². The van der Waals surface area contributed by atoms with Crippen LogP contribution in [0.15, 0.2) is 48.5 Å². The first-order valence-corrected chi connectivity index (χ1v) is 5.75. The molecule has 0 spiro atoms. The lowest BCUT2D eigenvalue weighted by atomic mass is 10.1. The van der Waals surface area contributed by atoms with Gasteiger partial charge in [0.1, 0.15) is 11.5 Å². The van der Waals surface area contributed by atoms with Gasteiger partial charge < -0.3 is 9.84 Å². The van der Waals surface area contributed by atoms with Gasteiger partial charge in [0, 0.05) is 10.6 Å². The van der Waals surface area contributed by atoms with Crippen LogP contribution in [0.25, 0.3) is 0 Å². The number of hydrogen-bond donors (Lipinski definition) is 1. The molecule has 0 amide bonds. The molecule has 0 radical (unpaired) electrons. The summed E-state index contributed by atoms with van der Waals surface area (Å²) in [6.07, 6.45) is -0.564. The fourth-order valence-electron chi connectivity index (χ4n) is 1.58. The highest BCUT2D eigenvalue weighted by Crippen LogP contribution is 2.30. The van der Waals surface area contributed by atoms with Crippen LogP contribution in [0.2, 0.25) is 5.02 Å². The molecule has 88 valence electrons. The lowest BCUT2D eigenvalue weighted by molar-refractivity contribution is 0.195. The Balaban J connectivity index is 2.30. The van der Waals surface area contributed by atoms with Gasteiger partial charge in [-0.15, -0.1) is 0 Å². The fourth-order valence-corrected chi connectivity index (χ4v) is 1.76. The molecule has 3 heteroatoms. The molecule has 2 aromatic carbocycles. The molecule has 0 aromatic heterocycles. The third-order valence-corrected chi connectivity index (χ3v) is 2.63. The molecular weight excluding hydrogens is 236 g/mol. The van der Waals surface area contributed by atoms with Crippen LogP contribution in [0.3, 0.4) is 0 Å². The van der Waals surface area contributed by atoms with Gasteiger partial charge in [0.25, 0.3) is 0 Å². The molecular formula is C14H13ClO2. The molecule has 2 nitrogen and oxygen atoms in total. The summed E-state index contributed by atoms with van der Waals surface area (Å²) in [6.45, 7) is 1.71. The van der Waals surface area contributed by atoms with Crippen LogP contribution in [-0.2, 0) is 0 Å². The second-order valence-corrected chi connectivity index (χ2v) is 4.21. The molecule has 1 unspecified atom stereocenters. The van der Waals surface area contributed by atoms with Crippen LogP contribution >= 0.6 is 11.6 Å². The second kappa shape index (κ2) is 5.21. The monoisotopic (exact) mass is 248 g/mol. The van der Waals surface area contributed by atoms with Gasteiger partial charge in [-0.05, 0) is 31.2 Å². The van der Waals surface area contributed by atoms with Crippen molar-refractivity contribution >= 4 is 11.6 Å². The molecule has 2 rings (SSSR count). The summed E-state index contributed by atoms with van der Waals surface area (Å²) < 4.78 is 5.71. The molecule has 0 heterocycles. The third-order valence-electron chi connectivity index (χ3n) is 2.39. The highest BCUT2D eigenvalue weighted by molar-refractivity contribution is 6.30. The number of aliphatic hydroxyl groups is 1. The minimum atomic E-state index is -0.564. The van der Waals surface area contributed by atoms with Gasteiger partial charge in [0.15, 0.2) is 0 Å². The molecule has 0 fully saturated rings. The van der Waals surface area contributed by atoms with E-state index in [-0.39, 0.29) is 0 Å². The van der Waals surface area contributed by atoms with E-state index in [2.05, 4.69) is 0 Å². The normalized spacial score (nSPS) is 12.2. The maximum Gasteiger partial charge on any atom is 0.133 e. The van der Waals surface area contributed by atoms with Gasteiger partial charge >= 0.3 is 0 Å². The average molecular weight is 249 g/mol. The number of para-hydroxylation sites is 1. The molecule has 0 aliphatic rings. The van der Waals surface area contributed by atoms with E-state index in [0.29, 0.717) is 16.5 Å². The summed E-state index contributed by atoms with van der Waals surface area (Å²) >= 11 is 5.88. The van der Waals surface area contributed by atoms with Crippen molar-refractivity contribution < 1.29 is 9.84 Å². The molecule has 17 heavy (non-hydrogen) atoms. The zero-order valence-electron chi connectivity index (χ0n) is 9.43. The Morgan fingerprint density at radius 1 is 1.12 bits per heavy atom. The van der Waals surface area contributed by atoms with Gasteiger partial charge in [-0.1, -0.05) is 35.9 Å². The van der Waals surface area contributed by atoms with Crippen LogP contribution in [0.1, 0.15) is 18.6 Å². The van der Waals surface area contributed by atoms with E-state index in [0.717, 1.165) is 5.56 Å². The van der Waals surface area contributed by atoms with E-state index < -0.39 is 6.10 Å². The lowest BCUT2D eigenvalue weighted by Crippen LogP contribution is -1.95. The van der Waals surface area contributed by atoms with E-state index in [1.807, 2.05) is 36.4 Å². The molecule has 0 bridgehead atoms. The van der Waals surface area contributed by atoms with Crippen molar-refractivity contribution in [2.45, 2.75) is 13.0 Å². The molecule has 0 saturated heterocycles. The van der Waals surface area contributed by atoms with Crippen molar-refractivity contribution in [3.05, 3.63) is 59.1 Å². The maximum atomic E-state index is 9.63. The van der Waals surface area contributed by atoms with E-state index in [1.54, 1.807) is 19.1 Å². The highest BCUT2D eigenvalue weighted by atomic mass is 35.5. The number of aliphatic hydroxyl groups excluding tert-OH is 1. The van der Waals surface area contributed by atoms with Gasteiger partial charge in [0.2, 0.25) is 0 Å². The number of benzene rings is 2. The summed E-state index contributed by atoms with van der Waals surface area (Å²) in [5, 5.41) is 10.3. The first-order chi connectivity index (χ1) is 8.16. The molecule has 2 aromatic rings. The van der Waals surface area contributed by atoms with Crippen molar-refractivity contribution in [3.8, 4) is 11.5 Å². The summed E-state index contributed by atoms with van der Waals surface area (Å²) in [5.74, 6) is 1.30. The number of rotatable bonds is 3. The molecule has 0 aliphatic carbocycles. The van der Waals surface area contributed by atoms with E-state index >= 15 is 0 Å². The first kappa shape index (κ1) is 12.0. The van der Waals surface area contributed by atoms with Gasteiger partial charge in [-0.25, -0.2) is 0 Å². The van der Waals surface area contributed by atoms with Crippen molar-refractivity contribution in [1.29, 1.82) is 0 Å². The minimum absolute atomic E-state index is 0.564. The van der Waals surface area contributed by atoms with Crippen LogP contribution in [-0.4, -0.2) is 5.11 Å². The zero-order valence-corrected chi connectivity index (χ0v) is 10.2. The van der Waals surface area contributed by atoms with Crippen molar-refractivity contribution in [2.75, 3.05) is 0 Å². The predicted molar refractivity (Wildman–Crippen MR) is 68.6 cm³/mol. The minimum Gasteiger partial charge on any atom is -0.457 e. The maximum absolute atomic E-state index is 9.63. The summed E-state index contributed by atoms with van der Waals surface area (Å²) in [6, 6.07) is 14.6. The van der Waals surface area contributed by atoms with Gasteiger partial charge in [0.05, 0.1) is 6.10 Å². The lowest BCUT2D eigenvalue weighted by Gasteiger charge is -2.12. The number of hydrogen-bond acceptors (Lipinski definition) is 2. The van der Waals surface area contributed by atoms with Crippen LogP contribution in [0, 0.1) is 0 Å². The third kappa shape index (κ3) is 2.99. The Hall–Kier alpha value is -1.51. The molecule has 0 aliphatic heterocycles. The van der Waals surface area contributed by atoms with E-state index in [4.69, 9.17) is 16.3 Å². The van der Waals surface area contributed by atoms with Crippen LogP contribution in [0.4, 0.5) is 0 Å². The van der Waals surface area contributed by atoms with E-state index in [9.17, 15) is 5.11 Å². The number of ether oxygens (including phenoxy) is 1. The summed E-state index contributed by atoms with van der Waals surface area (Å²) in [4.78, 5) is 0. The Morgan fingerprint density at radius 2 is 1.88 bits per heavy atom. The Kier molecular flexibility index (Phi) is 3.67. The highest BCUT2D eigenvalue weighted by Gasteiger charge is 2.08. The standard InChI is InChI=1S/C14H13ClO2/c1-10(16)13-7-2-3-8-14(13)17-12-6-4-5-11(15)9-12/h2-10,16H,1H3. The quantitative estimate of drug-likeness (QED) is 0.883. The number of halogens is 1. The Bertz CT molecular complexity index is 509. The van der Waals surface area contributed by atoms with Crippen LogP contribution in [0.5, 0.6) is 11.5 Å². The van der Waals surface area contributed by atoms with Crippen LogP contribution < -0.4 is 4.74 Å². The van der Waals surface area contributed by atoms with Gasteiger partial charge in [-0.2, -0.15) is 0 Å². The van der Waals surface area contributed by atoms with Crippen molar-refractivity contribution in [2.24, 2.45) is 0 Å².